The lowest BCUT2D eigenvalue weighted by Crippen LogP contribution is -2.28. The normalized spacial score (nSPS) is 10.9. The quantitative estimate of drug-likeness (QED) is 0.769. The zero-order valence-corrected chi connectivity index (χ0v) is 12.2. The fourth-order valence-corrected chi connectivity index (χ4v) is 1.99. The number of para-hydroxylation sites is 1. The van der Waals surface area contributed by atoms with Crippen LogP contribution in [0.1, 0.15) is 19.4 Å². The van der Waals surface area contributed by atoms with Crippen molar-refractivity contribution in [2.45, 2.75) is 13.8 Å². The minimum absolute atomic E-state index is 0.376. The van der Waals surface area contributed by atoms with Gasteiger partial charge in [-0.2, -0.15) is 0 Å². The Morgan fingerprint density at radius 3 is 2.67 bits per heavy atom. The Balaban J connectivity index is 2.46. The summed E-state index contributed by atoms with van der Waals surface area (Å²) in [6.45, 7) is 7.02. The number of benzene rings is 1. The van der Waals surface area contributed by atoms with E-state index in [1.807, 2.05) is 24.3 Å². The second kappa shape index (κ2) is 7.34. The molecule has 100 valence electrons. The van der Waals surface area contributed by atoms with Crippen LogP contribution in [-0.2, 0) is 0 Å². The SMILES string of the molecule is CC(C)CN(C)CCOc1ccccc1C(N)=S. The standard InChI is InChI=1S/C14H22N2OS/c1-11(2)10-16(3)8-9-17-13-7-5-4-6-12(13)14(15)18/h4-7,11H,8-10H2,1-3H3,(H2,15,18). The van der Waals surface area contributed by atoms with E-state index < -0.39 is 0 Å². The molecule has 4 heteroatoms. The van der Waals surface area contributed by atoms with Crippen LogP contribution in [-0.4, -0.2) is 36.6 Å². The monoisotopic (exact) mass is 266 g/mol. The first-order chi connectivity index (χ1) is 8.50. The van der Waals surface area contributed by atoms with E-state index in [9.17, 15) is 0 Å². The molecule has 2 N–H and O–H groups in total. The highest BCUT2D eigenvalue weighted by Crippen LogP contribution is 2.17. The lowest BCUT2D eigenvalue weighted by molar-refractivity contribution is 0.222. The van der Waals surface area contributed by atoms with E-state index in [1.165, 1.54) is 0 Å². The Kier molecular flexibility index (Phi) is 6.09. The molecule has 0 heterocycles. The number of nitrogens with two attached hydrogens (primary N) is 1. The molecule has 1 rings (SSSR count). The van der Waals surface area contributed by atoms with Crippen LogP contribution in [0.25, 0.3) is 0 Å². The second-order valence-corrected chi connectivity index (χ2v) is 5.30. The van der Waals surface area contributed by atoms with Gasteiger partial charge in [-0.25, -0.2) is 0 Å². The van der Waals surface area contributed by atoms with Gasteiger partial charge in [-0.1, -0.05) is 38.2 Å². The van der Waals surface area contributed by atoms with E-state index in [0.29, 0.717) is 17.5 Å². The molecule has 0 radical (unpaired) electrons. The molecule has 1 aromatic rings. The summed E-state index contributed by atoms with van der Waals surface area (Å²) in [6.07, 6.45) is 0. The third kappa shape index (κ3) is 5.02. The maximum atomic E-state index is 5.74. The molecule has 0 bridgehead atoms. The molecular formula is C14H22N2OS. The third-order valence-corrected chi connectivity index (χ3v) is 2.78. The molecule has 18 heavy (non-hydrogen) atoms. The average molecular weight is 266 g/mol. The van der Waals surface area contributed by atoms with Crippen LogP contribution in [0, 0.1) is 5.92 Å². The van der Waals surface area contributed by atoms with Crippen LogP contribution in [0.4, 0.5) is 0 Å². The van der Waals surface area contributed by atoms with E-state index in [4.69, 9.17) is 22.7 Å². The Labute approximate surface area is 115 Å². The summed E-state index contributed by atoms with van der Waals surface area (Å²) in [5.74, 6) is 1.43. The van der Waals surface area contributed by atoms with Crippen LogP contribution in [0.5, 0.6) is 5.75 Å². The summed E-state index contributed by atoms with van der Waals surface area (Å²) < 4.78 is 5.74. The molecule has 0 aliphatic rings. The van der Waals surface area contributed by atoms with E-state index >= 15 is 0 Å². The first-order valence-corrected chi connectivity index (χ1v) is 6.61. The van der Waals surface area contributed by atoms with E-state index in [-0.39, 0.29) is 0 Å². The van der Waals surface area contributed by atoms with Crippen LogP contribution in [0.3, 0.4) is 0 Å². The molecule has 0 saturated heterocycles. The molecule has 1 aromatic carbocycles. The van der Waals surface area contributed by atoms with Gasteiger partial charge in [-0.15, -0.1) is 0 Å². The number of thiocarbonyl (C=S) groups is 1. The van der Waals surface area contributed by atoms with Gasteiger partial charge in [0.2, 0.25) is 0 Å². The molecule has 0 amide bonds. The van der Waals surface area contributed by atoms with Gasteiger partial charge in [-0.05, 0) is 25.1 Å². The van der Waals surface area contributed by atoms with Crippen molar-refractivity contribution in [3.63, 3.8) is 0 Å². The summed E-state index contributed by atoms with van der Waals surface area (Å²) in [5.41, 5.74) is 6.46. The number of ether oxygens (including phenoxy) is 1. The summed E-state index contributed by atoms with van der Waals surface area (Å²) in [5, 5.41) is 0. The highest BCUT2D eigenvalue weighted by molar-refractivity contribution is 7.80. The second-order valence-electron chi connectivity index (χ2n) is 4.86. The summed E-state index contributed by atoms with van der Waals surface area (Å²) >= 11 is 5.00. The topological polar surface area (TPSA) is 38.5 Å². The van der Waals surface area contributed by atoms with Gasteiger partial charge in [0.25, 0.3) is 0 Å². The predicted molar refractivity (Wildman–Crippen MR) is 80.2 cm³/mol. The van der Waals surface area contributed by atoms with E-state index in [1.54, 1.807) is 0 Å². The molecule has 0 fully saturated rings. The summed E-state index contributed by atoms with van der Waals surface area (Å²) in [7, 11) is 2.10. The Bertz CT molecular complexity index is 393. The number of hydrogen-bond acceptors (Lipinski definition) is 3. The zero-order chi connectivity index (χ0) is 13.5. The smallest absolute Gasteiger partial charge is 0.129 e. The molecule has 0 aromatic heterocycles. The maximum Gasteiger partial charge on any atom is 0.129 e. The van der Waals surface area contributed by atoms with E-state index in [0.717, 1.165) is 24.4 Å². The van der Waals surface area contributed by atoms with Gasteiger partial charge in [0.05, 0.1) is 5.56 Å². The van der Waals surface area contributed by atoms with Crippen molar-refractivity contribution in [1.82, 2.24) is 4.90 Å². The Hall–Kier alpha value is -1.13. The van der Waals surface area contributed by atoms with Crippen LogP contribution in [0.2, 0.25) is 0 Å². The third-order valence-electron chi connectivity index (χ3n) is 2.56. The Morgan fingerprint density at radius 1 is 1.39 bits per heavy atom. The minimum Gasteiger partial charge on any atom is -0.492 e. The van der Waals surface area contributed by atoms with Gasteiger partial charge >= 0.3 is 0 Å². The summed E-state index contributed by atoms with van der Waals surface area (Å²) in [4.78, 5) is 2.63. The molecular weight excluding hydrogens is 244 g/mol. The highest BCUT2D eigenvalue weighted by Gasteiger charge is 2.06. The molecule has 0 atom stereocenters. The van der Waals surface area contributed by atoms with Gasteiger partial charge in [0, 0.05) is 13.1 Å². The van der Waals surface area contributed by atoms with Crippen LogP contribution >= 0.6 is 12.2 Å². The van der Waals surface area contributed by atoms with Gasteiger partial charge in [-0.3, -0.25) is 0 Å². The van der Waals surface area contributed by atoms with Gasteiger partial charge in [0.1, 0.15) is 17.3 Å². The summed E-state index contributed by atoms with van der Waals surface area (Å²) in [6, 6.07) is 7.62. The lowest BCUT2D eigenvalue weighted by Gasteiger charge is -2.19. The van der Waals surface area contributed by atoms with Crippen molar-refractivity contribution < 1.29 is 4.74 Å². The Morgan fingerprint density at radius 2 is 2.06 bits per heavy atom. The van der Waals surface area contributed by atoms with Crippen LogP contribution < -0.4 is 10.5 Å². The number of nitrogens with zero attached hydrogens (tertiary/aromatic N) is 1. The zero-order valence-electron chi connectivity index (χ0n) is 11.3. The van der Waals surface area contributed by atoms with Crippen molar-refractivity contribution in [2.24, 2.45) is 11.7 Å². The molecule has 0 aliphatic heterocycles. The van der Waals surface area contributed by atoms with Crippen molar-refractivity contribution >= 4 is 17.2 Å². The van der Waals surface area contributed by atoms with Crippen molar-refractivity contribution in [3.8, 4) is 5.75 Å². The lowest BCUT2D eigenvalue weighted by atomic mass is 10.2. The molecule has 0 spiro atoms. The van der Waals surface area contributed by atoms with Crippen molar-refractivity contribution in [1.29, 1.82) is 0 Å². The number of likely N-dealkylation sites (N-methyl/N-ethyl adjacent to an activating group) is 1. The first kappa shape index (κ1) is 14.9. The van der Waals surface area contributed by atoms with E-state index in [2.05, 4.69) is 25.8 Å². The molecule has 0 unspecified atom stereocenters. The molecule has 0 aliphatic carbocycles. The molecule has 3 nitrogen and oxygen atoms in total. The van der Waals surface area contributed by atoms with Crippen molar-refractivity contribution in [3.05, 3.63) is 29.8 Å². The molecule has 0 saturated carbocycles. The number of hydrogen-bond donors (Lipinski definition) is 1. The predicted octanol–water partition coefficient (Wildman–Crippen LogP) is 2.29. The first-order valence-electron chi connectivity index (χ1n) is 6.21. The fourth-order valence-electron chi connectivity index (χ4n) is 1.82. The fraction of sp³-hybridized carbons (Fsp3) is 0.500. The van der Waals surface area contributed by atoms with Crippen LogP contribution in [0.15, 0.2) is 24.3 Å². The van der Waals surface area contributed by atoms with Gasteiger partial charge in [0.15, 0.2) is 0 Å². The van der Waals surface area contributed by atoms with Crippen molar-refractivity contribution in [2.75, 3.05) is 26.7 Å². The number of rotatable bonds is 7. The highest BCUT2D eigenvalue weighted by atomic mass is 32.1. The average Bonchev–Trinajstić information content (AvgIpc) is 2.28. The van der Waals surface area contributed by atoms with Gasteiger partial charge < -0.3 is 15.4 Å². The minimum atomic E-state index is 0.376. The maximum absolute atomic E-state index is 5.74. The largest absolute Gasteiger partial charge is 0.492 e.